The molecule has 26 heavy (non-hydrogen) atoms. The average molecular weight is 362 g/mol. The first-order valence-electron chi connectivity index (χ1n) is 9.06. The lowest BCUT2D eigenvalue weighted by Gasteiger charge is -2.32. The summed E-state index contributed by atoms with van der Waals surface area (Å²) < 4.78 is 26.9. The molecular formula is C19H24F2N4O. The minimum absolute atomic E-state index is 0.0693. The van der Waals surface area contributed by atoms with E-state index in [1.807, 2.05) is 4.90 Å². The summed E-state index contributed by atoms with van der Waals surface area (Å²) in [6.07, 6.45) is 5.11. The number of hydrogen-bond donors (Lipinski definition) is 3. The summed E-state index contributed by atoms with van der Waals surface area (Å²) in [5.41, 5.74) is 1.27. The molecule has 2 fully saturated rings. The van der Waals surface area contributed by atoms with Crippen LogP contribution in [0.2, 0.25) is 0 Å². The lowest BCUT2D eigenvalue weighted by Crippen LogP contribution is -2.44. The third-order valence-electron chi connectivity index (χ3n) is 5.00. The molecule has 1 saturated carbocycles. The second kappa shape index (κ2) is 8.40. The Labute approximate surface area is 152 Å². The minimum Gasteiger partial charge on any atom is -0.367 e. The molecule has 0 spiro atoms. The van der Waals surface area contributed by atoms with E-state index in [0.29, 0.717) is 11.3 Å². The van der Waals surface area contributed by atoms with Crippen LogP contribution in [0, 0.1) is 23.0 Å². The molecule has 1 aliphatic carbocycles. The second-order valence-corrected chi connectivity index (χ2v) is 6.77. The number of anilines is 1. The van der Waals surface area contributed by atoms with Crippen LogP contribution in [-0.4, -0.2) is 43.2 Å². The van der Waals surface area contributed by atoms with E-state index in [1.54, 1.807) is 0 Å². The van der Waals surface area contributed by atoms with Crippen molar-refractivity contribution in [1.82, 2.24) is 10.2 Å². The number of amides is 1. The van der Waals surface area contributed by atoms with E-state index >= 15 is 0 Å². The Morgan fingerprint density at radius 1 is 1.15 bits per heavy atom. The predicted octanol–water partition coefficient (Wildman–Crippen LogP) is 2.90. The Balaban J connectivity index is 1.92. The van der Waals surface area contributed by atoms with Crippen LogP contribution in [0.15, 0.2) is 29.5 Å². The van der Waals surface area contributed by atoms with Crippen molar-refractivity contribution in [1.29, 1.82) is 5.41 Å². The van der Waals surface area contributed by atoms with Gasteiger partial charge in [0.25, 0.3) is 5.91 Å². The van der Waals surface area contributed by atoms with Gasteiger partial charge in [-0.05, 0) is 30.9 Å². The smallest absolute Gasteiger partial charge is 0.254 e. The van der Waals surface area contributed by atoms with Gasteiger partial charge in [0.15, 0.2) is 0 Å². The normalized spacial score (nSPS) is 19.2. The van der Waals surface area contributed by atoms with Crippen molar-refractivity contribution >= 4 is 17.8 Å². The maximum atomic E-state index is 13.4. The van der Waals surface area contributed by atoms with E-state index in [2.05, 4.69) is 10.6 Å². The SMILES string of the molecule is N=C/C(=C(\C(=O)Nc1cc(F)cc(F)c1)C1CCCC1)N1CCNCC1. The summed E-state index contributed by atoms with van der Waals surface area (Å²) in [4.78, 5) is 15.1. The zero-order valence-corrected chi connectivity index (χ0v) is 14.7. The lowest BCUT2D eigenvalue weighted by molar-refractivity contribution is -0.113. The van der Waals surface area contributed by atoms with E-state index in [4.69, 9.17) is 5.41 Å². The average Bonchev–Trinajstić information content (AvgIpc) is 3.13. The number of carbonyl (C=O) groups is 1. The largest absolute Gasteiger partial charge is 0.367 e. The molecule has 3 N–H and O–H groups in total. The zero-order valence-electron chi connectivity index (χ0n) is 14.7. The van der Waals surface area contributed by atoms with Gasteiger partial charge in [-0.3, -0.25) is 4.79 Å². The second-order valence-electron chi connectivity index (χ2n) is 6.77. The number of hydrogen-bond acceptors (Lipinski definition) is 4. The fraction of sp³-hybridized carbons (Fsp3) is 0.474. The van der Waals surface area contributed by atoms with Crippen molar-refractivity contribution in [3.05, 3.63) is 41.1 Å². The Morgan fingerprint density at radius 2 is 1.77 bits per heavy atom. The number of allylic oxidation sites excluding steroid dienone is 1. The molecule has 5 nitrogen and oxygen atoms in total. The van der Waals surface area contributed by atoms with Crippen molar-refractivity contribution in [3.8, 4) is 0 Å². The molecule has 0 aromatic heterocycles. The van der Waals surface area contributed by atoms with Gasteiger partial charge in [0, 0.05) is 49.7 Å². The molecule has 1 saturated heterocycles. The number of nitrogens with one attached hydrogen (secondary N) is 3. The number of carbonyl (C=O) groups excluding carboxylic acids is 1. The fourth-order valence-corrected chi connectivity index (χ4v) is 3.79. The minimum atomic E-state index is -0.735. The highest BCUT2D eigenvalue weighted by atomic mass is 19.1. The first-order chi connectivity index (χ1) is 12.6. The number of halogens is 2. The predicted molar refractivity (Wildman–Crippen MR) is 97.2 cm³/mol. The lowest BCUT2D eigenvalue weighted by atomic mass is 9.93. The van der Waals surface area contributed by atoms with Crippen LogP contribution in [0.4, 0.5) is 14.5 Å². The Hall–Kier alpha value is -2.28. The summed E-state index contributed by atoms with van der Waals surface area (Å²) >= 11 is 0. The first-order valence-corrected chi connectivity index (χ1v) is 9.06. The van der Waals surface area contributed by atoms with Crippen LogP contribution < -0.4 is 10.6 Å². The van der Waals surface area contributed by atoms with Crippen molar-refractivity contribution < 1.29 is 13.6 Å². The molecule has 2 aliphatic rings. The molecule has 0 atom stereocenters. The van der Waals surface area contributed by atoms with Gasteiger partial charge in [0.2, 0.25) is 0 Å². The van der Waals surface area contributed by atoms with Crippen LogP contribution in [0.5, 0.6) is 0 Å². The van der Waals surface area contributed by atoms with Gasteiger partial charge >= 0.3 is 0 Å². The molecule has 1 aromatic carbocycles. The zero-order chi connectivity index (χ0) is 18.5. The topological polar surface area (TPSA) is 68.2 Å². The van der Waals surface area contributed by atoms with Crippen LogP contribution in [0.25, 0.3) is 0 Å². The van der Waals surface area contributed by atoms with E-state index in [1.165, 1.54) is 6.21 Å². The molecule has 1 aromatic rings. The quantitative estimate of drug-likeness (QED) is 0.557. The number of piperazine rings is 1. The fourth-order valence-electron chi connectivity index (χ4n) is 3.79. The summed E-state index contributed by atoms with van der Waals surface area (Å²) in [6, 6.07) is 2.97. The highest BCUT2D eigenvalue weighted by molar-refractivity contribution is 6.07. The molecule has 1 heterocycles. The molecule has 3 rings (SSSR count). The van der Waals surface area contributed by atoms with Crippen LogP contribution in [0.1, 0.15) is 25.7 Å². The van der Waals surface area contributed by atoms with Crippen LogP contribution in [-0.2, 0) is 4.79 Å². The Morgan fingerprint density at radius 3 is 2.35 bits per heavy atom. The number of benzene rings is 1. The van der Waals surface area contributed by atoms with Gasteiger partial charge in [-0.25, -0.2) is 8.78 Å². The highest BCUT2D eigenvalue weighted by Crippen LogP contribution is 2.34. The van der Waals surface area contributed by atoms with Gasteiger partial charge in [-0.2, -0.15) is 0 Å². The van der Waals surface area contributed by atoms with Gasteiger partial charge in [0.1, 0.15) is 11.6 Å². The molecular weight excluding hydrogens is 338 g/mol. The van der Waals surface area contributed by atoms with E-state index in [-0.39, 0.29) is 17.5 Å². The number of nitrogens with zero attached hydrogens (tertiary/aromatic N) is 1. The van der Waals surface area contributed by atoms with E-state index < -0.39 is 11.6 Å². The molecule has 0 bridgehead atoms. The summed E-state index contributed by atoms with van der Waals surface area (Å²) in [5.74, 6) is -1.78. The monoisotopic (exact) mass is 362 g/mol. The van der Waals surface area contributed by atoms with E-state index in [9.17, 15) is 13.6 Å². The molecule has 7 heteroatoms. The molecule has 1 aliphatic heterocycles. The molecule has 1 amide bonds. The third kappa shape index (κ3) is 4.27. The maximum absolute atomic E-state index is 13.4. The van der Waals surface area contributed by atoms with Gasteiger partial charge in [0.05, 0.1) is 5.70 Å². The van der Waals surface area contributed by atoms with Gasteiger partial charge in [-0.15, -0.1) is 0 Å². The number of rotatable bonds is 5. The molecule has 140 valence electrons. The van der Waals surface area contributed by atoms with E-state index in [0.717, 1.165) is 70.1 Å². The first kappa shape index (κ1) is 18.5. The van der Waals surface area contributed by atoms with Gasteiger partial charge < -0.3 is 20.9 Å². The van der Waals surface area contributed by atoms with Crippen molar-refractivity contribution in [2.75, 3.05) is 31.5 Å². The summed E-state index contributed by atoms with van der Waals surface area (Å²) in [6.45, 7) is 3.05. The molecule has 0 unspecified atom stereocenters. The Kier molecular flexibility index (Phi) is 5.98. The van der Waals surface area contributed by atoms with Crippen molar-refractivity contribution in [2.45, 2.75) is 25.7 Å². The van der Waals surface area contributed by atoms with Gasteiger partial charge in [-0.1, -0.05) is 12.8 Å². The van der Waals surface area contributed by atoms with Crippen molar-refractivity contribution in [3.63, 3.8) is 0 Å². The maximum Gasteiger partial charge on any atom is 0.254 e. The molecule has 0 radical (unpaired) electrons. The van der Waals surface area contributed by atoms with Crippen LogP contribution in [0.3, 0.4) is 0 Å². The Bertz CT molecular complexity index is 687. The van der Waals surface area contributed by atoms with Crippen LogP contribution >= 0.6 is 0 Å². The highest BCUT2D eigenvalue weighted by Gasteiger charge is 2.29. The summed E-state index contributed by atoms with van der Waals surface area (Å²) in [7, 11) is 0. The van der Waals surface area contributed by atoms with Crippen molar-refractivity contribution in [2.24, 2.45) is 5.92 Å². The summed E-state index contributed by atoms with van der Waals surface area (Å²) in [5, 5.41) is 13.8. The third-order valence-corrected chi connectivity index (χ3v) is 5.00. The standard InChI is InChI=1S/C19H24F2N4O/c20-14-9-15(21)11-16(10-14)24-19(26)18(13-3-1-2-4-13)17(12-22)25-7-5-23-6-8-25/h9-13,22-23H,1-8H2,(H,24,26)/b18-17+,22-12?.